The second kappa shape index (κ2) is 5.87. The van der Waals surface area contributed by atoms with Gasteiger partial charge in [-0.2, -0.15) is 4.57 Å². The molecule has 0 spiro atoms. The topological polar surface area (TPSA) is 90.2 Å². The summed E-state index contributed by atoms with van der Waals surface area (Å²) in [5.74, 6) is 0. The van der Waals surface area contributed by atoms with Gasteiger partial charge in [-0.3, -0.25) is 20.2 Å². The van der Waals surface area contributed by atoms with Gasteiger partial charge in [0.15, 0.2) is 12.4 Å². The van der Waals surface area contributed by atoms with Crippen LogP contribution in [0.3, 0.4) is 0 Å². The van der Waals surface area contributed by atoms with Gasteiger partial charge in [0.2, 0.25) is 0 Å². The molecule has 0 amide bonds. The number of benzene rings is 1. The van der Waals surface area contributed by atoms with Crippen molar-refractivity contribution < 1.29 is 26.8 Å². The Morgan fingerprint density at radius 2 is 1.53 bits per heavy atom. The summed E-state index contributed by atoms with van der Waals surface area (Å²) < 4.78 is 1.46. The summed E-state index contributed by atoms with van der Waals surface area (Å²) in [6.07, 6.45) is 3.18. The molecule has 2 aromatic rings. The highest BCUT2D eigenvalue weighted by Gasteiger charge is 2.33. The summed E-state index contributed by atoms with van der Waals surface area (Å²) >= 11 is 0. The summed E-state index contributed by atoms with van der Waals surface area (Å²) in [6, 6.07) is 9.11. The summed E-state index contributed by atoms with van der Waals surface area (Å²) in [5.41, 5.74) is -0.873. The maximum atomic E-state index is 11.0. The van der Waals surface area contributed by atoms with E-state index in [0.29, 0.717) is 0 Å². The second-order valence-corrected chi connectivity index (χ2v) is 3.44. The van der Waals surface area contributed by atoms with Crippen molar-refractivity contribution in [3.63, 3.8) is 0 Å². The number of nitro benzene ring substituents is 2. The maximum absolute atomic E-state index is 11.0. The highest BCUT2D eigenvalue weighted by Crippen LogP contribution is 2.30. The number of nitrogens with zero attached hydrogens (tertiary/aromatic N) is 3. The van der Waals surface area contributed by atoms with Crippen molar-refractivity contribution in [2.24, 2.45) is 0 Å². The fraction of sp³-hybridized carbons (Fsp3) is 0. The second-order valence-electron chi connectivity index (χ2n) is 3.44. The Hall–Kier alpha value is -2.54. The van der Waals surface area contributed by atoms with E-state index in [1.807, 2.05) is 0 Å². The third kappa shape index (κ3) is 2.83. The van der Waals surface area contributed by atoms with Crippen LogP contribution in [0, 0.1) is 20.2 Å². The summed E-state index contributed by atoms with van der Waals surface area (Å²) in [5, 5.41) is 21.8. The van der Waals surface area contributed by atoms with Crippen molar-refractivity contribution >= 4 is 11.4 Å². The monoisotopic (exact) mass is 281 g/mol. The number of pyridine rings is 1. The van der Waals surface area contributed by atoms with Crippen LogP contribution in [-0.2, 0) is 0 Å². The Morgan fingerprint density at radius 1 is 0.895 bits per heavy atom. The van der Waals surface area contributed by atoms with Gasteiger partial charge in [-0.05, 0) is 6.07 Å². The van der Waals surface area contributed by atoms with Gasteiger partial charge in [-0.25, -0.2) is 0 Å². The Morgan fingerprint density at radius 3 is 2.05 bits per heavy atom. The van der Waals surface area contributed by atoms with Gasteiger partial charge in [0, 0.05) is 24.3 Å². The first kappa shape index (κ1) is 14.5. The highest BCUT2D eigenvalue weighted by molar-refractivity contribution is 5.61. The molecular weight excluding hydrogens is 274 g/mol. The van der Waals surface area contributed by atoms with E-state index in [9.17, 15) is 20.2 Å². The third-order valence-electron chi connectivity index (χ3n) is 2.37. The lowest BCUT2D eigenvalue weighted by Crippen LogP contribution is -3.00. The fourth-order valence-electron chi connectivity index (χ4n) is 1.62. The van der Waals surface area contributed by atoms with Gasteiger partial charge in [0.1, 0.15) is 0 Å². The van der Waals surface area contributed by atoms with Crippen molar-refractivity contribution in [3.8, 4) is 5.69 Å². The Bertz CT molecular complexity index is 619. The number of para-hydroxylation sites is 1. The lowest BCUT2D eigenvalue weighted by Gasteiger charge is -1.98. The molecule has 0 aliphatic heterocycles. The molecule has 0 aliphatic carbocycles. The van der Waals surface area contributed by atoms with E-state index in [4.69, 9.17) is 0 Å². The van der Waals surface area contributed by atoms with Crippen LogP contribution in [0.2, 0.25) is 0 Å². The first-order chi connectivity index (χ1) is 8.61. The van der Waals surface area contributed by atoms with Crippen LogP contribution in [0.4, 0.5) is 11.4 Å². The van der Waals surface area contributed by atoms with E-state index in [1.165, 1.54) is 16.7 Å². The van der Waals surface area contributed by atoms with E-state index in [1.54, 1.807) is 30.6 Å². The SMILES string of the molecule is O=[N+]([O-])c1cccc(-[n+]2ccccc2)c1[N+](=O)[O-].[Cl-]. The van der Waals surface area contributed by atoms with Crippen molar-refractivity contribution in [1.82, 2.24) is 0 Å². The molecule has 0 unspecified atom stereocenters. The molecule has 98 valence electrons. The van der Waals surface area contributed by atoms with E-state index in [2.05, 4.69) is 0 Å². The molecule has 0 saturated heterocycles. The van der Waals surface area contributed by atoms with Crippen molar-refractivity contribution in [2.45, 2.75) is 0 Å². The molecule has 8 heteroatoms. The maximum Gasteiger partial charge on any atom is 0.416 e. The molecule has 7 nitrogen and oxygen atoms in total. The van der Waals surface area contributed by atoms with Crippen LogP contribution in [0.25, 0.3) is 5.69 Å². The van der Waals surface area contributed by atoms with Crippen molar-refractivity contribution in [3.05, 3.63) is 69.0 Å². The standard InChI is InChI=1S/C11H8N3O4.ClH/c15-13(16)10-6-4-5-9(11(10)14(17)18)12-7-2-1-3-8-12;/h1-8H;1H/q+1;/p-1. The lowest BCUT2D eigenvalue weighted by atomic mass is 10.2. The van der Waals surface area contributed by atoms with Gasteiger partial charge in [0.05, 0.1) is 9.85 Å². The Balaban J connectivity index is 0.00000180. The number of nitro groups is 2. The van der Waals surface area contributed by atoms with Gasteiger partial charge < -0.3 is 12.4 Å². The normalized spacial score (nSPS) is 9.47. The lowest BCUT2D eigenvalue weighted by molar-refractivity contribution is -0.601. The van der Waals surface area contributed by atoms with E-state index in [-0.39, 0.29) is 18.1 Å². The van der Waals surface area contributed by atoms with Crippen LogP contribution in [-0.4, -0.2) is 9.85 Å². The zero-order valence-corrected chi connectivity index (χ0v) is 10.2. The summed E-state index contributed by atoms with van der Waals surface area (Å²) in [7, 11) is 0. The molecule has 0 saturated carbocycles. The first-order valence-corrected chi connectivity index (χ1v) is 4.99. The molecule has 1 aromatic heterocycles. The molecule has 1 aromatic carbocycles. The van der Waals surface area contributed by atoms with Gasteiger partial charge in [-0.1, -0.05) is 6.07 Å². The molecule has 0 atom stereocenters. The Labute approximate surface area is 113 Å². The summed E-state index contributed by atoms with van der Waals surface area (Å²) in [4.78, 5) is 20.3. The minimum absolute atomic E-state index is 0. The zero-order valence-electron chi connectivity index (χ0n) is 9.47. The zero-order chi connectivity index (χ0) is 13.1. The molecule has 2 rings (SSSR count). The Kier molecular flexibility index (Phi) is 4.49. The largest absolute Gasteiger partial charge is 1.00 e. The number of aromatic nitrogens is 1. The average Bonchev–Trinajstić information content (AvgIpc) is 2.38. The number of hydrogen-bond acceptors (Lipinski definition) is 4. The average molecular weight is 282 g/mol. The van der Waals surface area contributed by atoms with E-state index >= 15 is 0 Å². The molecule has 0 fully saturated rings. The van der Waals surface area contributed by atoms with E-state index < -0.39 is 21.2 Å². The van der Waals surface area contributed by atoms with Crippen LogP contribution in [0.1, 0.15) is 0 Å². The van der Waals surface area contributed by atoms with Crippen LogP contribution in [0.15, 0.2) is 48.8 Å². The molecule has 0 radical (unpaired) electrons. The molecular formula is C11H8ClN3O4. The smallest absolute Gasteiger partial charge is 0.416 e. The predicted molar refractivity (Wildman–Crippen MR) is 61.3 cm³/mol. The van der Waals surface area contributed by atoms with Crippen LogP contribution < -0.4 is 17.0 Å². The first-order valence-electron chi connectivity index (χ1n) is 4.99. The molecule has 0 N–H and O–H groups in total. The molecule has 19 heavy (non-hydrogen) atoms. The quantitative estimate of drug-likeness (QED) is 0.401. The number of halogens is 1. The van der Waals surface area contributed by atoms with Gasteiger partial charge in [-0.15, -0.1) is 0 Å². The summed E-state index contributed by atoms with van der Waals surface area (Å²) in [6.45, 7) is 0. The highest BCUT2D eigenvalue weighted by atomic mass is 35.5. The van der Waals surface area contributed by atoms with Gasteiger partial charge >= 0.3 is 11.4 Å². The minimum Gasteiger partial charge on any atom is -1.00 e. The molecule has 0 bridgehead atoms. The third-order valence-corrected chi connectivity index (χ3v) is 2.37. The molecule has 0 aliphatic rings. The van der Waals surface area contributed by atoms with Gasteiger partial charge in [0.25, 0.3) is 5.69 Å². The minimum atomic E-state index is -0.759. The number of rotatable bonds is 3. The predicted octanol–water partition coefficient (Wildman–Crippen LogP) is -1.22. The fourth-order valence-corrected chi connectivity index (χ4v) is 1.62. The van der Waals surface area contributed by atoms with Crippen LogP contribution in [0.5, 0.6) is 0 Å². The van der Waals surface area contributed by atoms with Crippen molar-refractivity contribution in [1.29, 1.82) is 0 Å². The number of hydrogen-bond donors (Lipinski definition) is 0. The van der Waals surface area contributed by atoms with Crippen LogP contribution >= 0.6 is 0 Å². The van der Waals surface area contributed by atoms with E-state index in [0.717, 1.165) is 6.07 Å². The molecule has 1 heterocycles. The van der Waals surface area contributed by atoms with Crippen molar-refractivity contribution in [2.75, 3.05) is 0 Å².